The first kappa shape index (κ1) is 24.8. The lowest BCUT2D eigenvalue weighted by Crippen LogP contribution is -2.55. The lowest BCUT2D eigenvalue weighted by Gasteiger charge is -2.44. The van der Waals surface area contributed by atoms with Crippen LogP contribution in [0.15, 0.2) is 48.8 Å². The maximum Gasteiger partial charge on any atom is 0.222 e. The van der Waals surface area contributed by atoms with Gasteiger partial charge in [0.2, 0.25) is 5.91 Å². The van der Waals surface area contributed by atoms with Gasteiger partial charge in [0, 0.05) is 45.2 Å². The number of hydrogen-bond donors (Lipinski definition) is 2. The molecule has 1 amide bonds. The minimum Gasteiger partial charge on any atom is -0.389 e. The molecule has 4 atom stereocenters. The Morgan fingerprint density at radius 1 is 1.21 bits per heavy atom. The van der Waals surface area contributed by atoms with E-state index >= 15 is 0 Å². The molecule has 2 saturated heterocycles. The summed E-state index contributed by atoms with van der Waals surface area (Å²) in [6.07, 6.45) is 4.81. The standard InChI is InChI=1S/C26H35N3O5/c1-32-12-11-28-26(31)14-23-5-6-24-25(34-23)18-33-17-22(30)16-29(24)15-19-3-2-4-21(13-19)20-7-9-27-10-8-20/h2-4,7-10,13,22-25,30H,5-6,11-12,14-18H2,1H3,(H,28,31)/t22-,23-,24-,25+/m0/s1. The minimum atomic E-state index is -0.548. The van der Waals surface area contributed by atoms with Crippen molar-refractivity contribution in [3.8, 4) is 11.1 Å². The highest BCUT2D eigenvalue weighted by Crippen LogP contribution is 2.29. The third kappa shape index (κ3) is 6.84. The van der Waals surface area contributed by atoms with Crippen LogP contribution in [0.4, 0.5) is 0 Å². The Morgan fingerprint density at radius 2 is 2.06 bits per heavy atom. The topological polar surface area (TPSA) is 93.2 Å². The Bertz CT molecular complexity index is 912. The fourth-order valence-electron chi connectivity index (χ4n) is 4.83. The smallest absolute Gasteiger partial charge is 0.222 e. The maximum absolute atomic E-state index is 12.2. The fraction of sp³-hybridized carbons (Fsp3) is 0.538. The zero-order valence-corrected chi connectivity index (χ0v) is 19.8. The summed E-state index contributed by atoms with van der Waals surface area (Å²) in [6.45, 7) is 2.92. The van der Waals surface area contributed by atoms with Crippen LogP contribution in [0.3, 0.4) is 0 Å². The third-order valence-electron chi connectivity index (χ3n) is 6.46. The van der Waals surface area contributed by atoms with Crippen LogP contribution in [-0.2, 0) is 25.5 Å². The molecule has 0 spiro atoms. The van der Waals surface area contributed by atoms with Crippen molar-refractivity contribution in [1.82, 2.24) is 15.2 Å². The van der Waals surface area contributed by atoms with Gasteiger partial charge >= 0.3 is 0 Å². The number of β-amino-alcohol motifs (C(OH)–C–C–N with tert-alkyl or cyclic N) is 1. The van der Waals surface area contributed by atoms with Gasteiger partial charge in [-0.2, -0.15) is 0 Å². The van der Waals surface area contributed by atoms with Crippen molar-refractivity contribution in [2.75, 3.05) is 40.0 Å². The molecule has 2 aliphatic rings. The van der Waals surface area contributed by atoms with Crippen LogP contribution in [0.5, 0.6) is 0 Å². The van der Waals surface area contributed by atoms with Crippen LogP contribution in [0, 0.1) is 0 Å². The van der Waals surface area contributed by atoms with Gasteiger partial charge in [0.05, 0.1) is 44.6 Å². The number of nitrogens with zero attached hydrogens (tertiary/aromatic N) is 2. The van der Waals surface area contributed by atoms with E-state index in [1.807, 2.05) is 12.1 Å². The molecule has 3 heterocycles. The van der Waals surface area contributed by atoms with Gasteiger partial charge in [-0.15, -0.1) is 0 Å². The van der Waals surface area contributed by atoms with Crippen molar-refractivity contribution in [2.24, 2.45) is 0 Å². The average molecular weight is 470 g/mol. The molecule has 1 aromatic carbocycles. The second kappa shape index (κ2) is 12.4. The predicted octanol–water partition coefficient (Wildman–Crippen LogP) is 2.01. The van der Waals surface area contributed by atoms with Crippen LogP contribution in [0.1, 0.15) is 24.8 Å². The van der Waals surface area contributed by atoms with E-state index in [0.29, 0.717) is 39.3 Å². The van der Waals surface area contributed by atoms with Gasteiger partial charge in [0.1, 0.15) is 0 Å². The summed E-state index contributed by atoms with van der Waals surface area (Å²) in [7, 11) is 1.61. The molecule has 2 fully saturated rings. The number of amides is 1. The van der Waals surface area contributed by atoms with E-state index in [9.17, 15) is 9.90 Å². The molecule has 2 N–H and O–H groups in total. The number of hydrogen-bond acceptors (Lipinski definition) is 7. The molecule has 4 rings (SSSR count). The summed E-state index contributed by atoms with van der Waals surface area (Å²) in [6, 6.07) is 12.6. The Labute approximate surface area is 201 Å². The van der Waals surface area contributed by atoms with Crippen molar-refractivity contribution >= 4 is 5.91 Å². The van der Waals surface area contributed by atoms with Gasteiger partial charge in [0.25, 0.3) is 0 Å². The Morgan fingerprint density at radius 3 is 2.88 bits per heavy atom. The molecule has 8 heteroatoms. The quantitative estimate of drug-likeness (QED) is 0.572. The van der Waals surface area contributed by atoms with Crippen molar-refractivity contribution < 1.29 is 24.1 Å². The number of methoxy groups -OCH3 is 1. The largest absolute Gasteiger partial charge is 0.389 e. The second-order valence-electron chi connectivity index (χ2n) is 9.05. The third-order valence-corrected chi connectivity index (χ3v) is 6.46. The molecule has 2 aliphatic heterocycles. The van der Waals surface area contributed by atoms with E-state index in [1.54, 1.807) is 19.5 Å². The highest BCUT2D eigenvalue weighted by molar-refractivity contribution is 5.76. The number of nitrogens with one attached hydrogen (secondary N) is 1. The van der Waals surface area contributed by atoms with E-state index < -0.39 is 6.10 Å². The zero-order valence-electron chi connectivity index (χ0n) is 19.8. The molecular formula is C26H35N3O5. The molecule has 184 valence electrons. The first-order valence-electron chi connectivity index (χ1n) is 12.0. The summed E-state index contributed by atoms with van der Waals surface area (Å²) in [4.78, 5) is 18.7. The number of carbonyl (C=O) groups is 1. The van der Waals surface area contributed by atoms with Gasteiger partial charge in [-0.3, -0.25) is 14.7 Å². The monoisotopic (exact) mass is 469 g/mol. The van der Waals surface area contributed by atoms with Crippen molar-refractivity contribution in [3.05, 3.63) is 54.4 Å². The number of benzene rings is 1. The number of aliphatic hydroxyl groups is 1. The molecule has 1 aromatic heterocycles. The summed E-state index contributed by atoms with van der Waals surface area (Å²) < 4.78 is 17.1. The molecular weight excluding hydrogens is 434 g/mol. The minimum absolute atomic E-state index is 0.0209. The summed E-state index contributed by atoms with van der Waals surface area (Å²) >= 11 is 0. The Kier molecular flexibility index (Phi) is 9.01. The van der Waals surface area contributed by atoms with Crippen LogP contribution < -0.4 is 5.32 Å². The van der Waals surface area contributed by atoms with Crippen LogP contribution >= 0.6 is 0 Å². The second-order valence-corrected chi connectivity index (χ2v) is 9.05. The van der Waals surface area contributed by atoms with Crippen molar-refractivity contribution in [3.63, 3.8) is 0 Å². The molecule has 0 radical (unpaired) electrons. The Balaban J connectivity index is 1.42. The van der Waals surface area contributed by atoms with Gasteiger partial charge < -0.3 is 24.6 Å². The highest BCUT2D eigenvalue weighted by Gasteiger charge is 2.38. The lowest BCUT2D eigenvalue weighted by molar-refractivity contribution is -0.158. The molecule has 0 saturated carbocycles. The van der Waals surface area contributed by atoms with E-state index in [4.69, 9.17) is 14.2 Å². The van der Waals surface area contributed by atoms with Gasteiger partial charge in [-0.1, -0.05) is 18.2 Å². The number of carbonyl (C=O) groups excluding carboxylic acids is 1. The first-order valence-corrected chi connectivity index (χ1v) is 12.0. The van der Waals surface area contributed by atoms with Crippen LogP contribution in [0.25, 0.3) is 11.1 Å². The van der Waals surface area contributed by atoms with Gasteiger partial charge in [-0.25, -0.2) is 0 Å². The summed E-state index contributed by atoms with van der Waals surface area (Å²) in [5, 5.41) is 13.4. The molecule has 0 unspecified atom stereocenters. The molecule has 0 aliphatic carbocycles. The number of aliphatic hydroxyl groups excluding tert-OH is 1. The molecule has 0 bridgehead atoms. The van der Waals surface area contributed by atoms with Gasteiger partial charge in [0.15, 0.2) is 0 Å². The number of rotatable bonds is 8. The van der Waals surface area contributed by atoms with E-state index in [2.05, 4.69) is 39.5 Å². The Hall–Kier alpha value is -2.36. The maximum atomic E-state index is 12.2. The van der Waals surface area contributed by atoms with Crippen molar-refractivity contribution in [1.29, 1.82) is 0 Å². The lowest BCUT2D eigenvalue weighted by atomic mass is 9.94. The van der Waals surface area contributed by atoms with E-state index in [1.165, 1.54) is 5.56 Å². The zero-order chi connectivity index (χ0) is 23.8. The predicted molar refractivity (Wildman–Crippen MR) is 128 cm³/mol. The average Bonchev–Trinajstić information content (AvgIpc) is 2.84. The molecule has 2 aromatic rings. The van der Waals surface area contributed by atoms with E-state index in [0.717, 1.165) is 24.0 Å². The molecule has 8 nitrogen and oxygen atoms in total. The molecule has 34 heavy (non-hydrogen) atoms. The van der Waals surface area contributed by atoms with Crippen molar-refractivity contribution in [2.45, 2.75) is 50.2 Å². The van der Waals surface area contributed by atoms with Crippen LogP contribution in [-0.4, -0.2) is 85.3 Å². The number of pyridine rings is 1. The SMILES string of the molecule is COCCNC(=O)C[C@@H]1CC[C@H]2[C@@H](COC[C@@H](O)CN2Cc2cccc(-c3ccncc3)c2)O1. The normalized spacial score (nSPS) is 25.7. The summed E-state index contributed by atoms with van der Waals surface area (Å²) in [5.41, 5.74) is 3.46. The number of aromatic nitrogens is 1. The van der Waals surface area contributed by atoms with Crippen LogP contribution in [0.2, 0.25) is 0 Å². The fourth-order valence-corrected chi connectivity index (χ4v) is 4.83. The number of fused-ring (bicyclic) bond motifs is 1. The first-order chi connectivity index (χ1) is 16.6. The highest BCUT2D eigenvalue weighted by atomic mass is 16.5. The summed E-state index contributed by atoms with van der Waals surface area (Å²) in [5.74, 6) is -0.0209. The van der Waals surface area contributed by atoms with E-state index in [-0.39, 0.29) is 30.8 Å². The van der Waals surface area contributed by atoms with Gasteiger partial charge in [-0.05, 0) is 47.7 Å². The number of ether oxygens (including phenoxy) is 3.